The van der Waals surface area contributed by atoms with Gasteiger partial charge in [0, 0.05) is 17.4 Å². The maximum atomic E-state index is 12.1. The van der Waals surface area contributed by atoms with E-state index in [2.05, 4.69) is 26.7 Å². The molecule has 0 radical (unpaired) electrons. The lowest BCUT2D eigenvalue weighted by Crippen LogP contribution is -2.26. The van der Waals surface area contributed by atoms with Gasteiger partial charge in [-0.1, -0.05) is 0 Å². The fourth-order valence-corrected chi connectivity index (χ4v) is 1.98. The molecule has 2 N–H and O–H groups in total. The second-order valence-corrected chi connectivity index (χ2v) is 5.28. The van der Waals surface area contributed by atoms with Crippen molar-refractivity contribution in [3.63, 3.8) is 0 Å². The number of aromatic nitrogens is 2. The number of nitrogens with one attached hydrogen (secondary N) is 2. The van der Waals surface area contributed by atoms with Crippen LogP contribution in [0.2, 0.25) is 0 Å². The van der Waals surface area contributed by atoms with Gasteiger partial charge in [-0.05, 0) is 50.1 Å². The average molecular weight is 293 g/mol. The number of carbonyl (C=O) groups excluding carboxylic acids is 1. The number of nitriles is 1. The molecule has 1 heterocycles. The molecule has 1 saturated carbocycles. The zero-order valence-corrected chi connectivity index (χ0v) is 12.1. The number of rotatable bonds is 4. The molecule has 0 aliphatic heterocycles. The van der Waals surface area contributed by atoms with Crippen molar-refractivity contribution in [2.24, 2.45) is 0 Å². The lowest BCUT2D eigenvalue weighted by molar-refractivity contribution is 0.0946. The first-order chi connectivity index (χ1) is 10.6. The van der Waals surface area contributed by atoms with Crippen LogP contribution in [0.1, 0.15) is 34.6 Å². The highest BCUT2D eigenvalue weighted by Crippen LogP contribution is 2.20. The highest BCUT2D eigenvalue weighted by Gasteiger charge is 2.24. The molecule has 1 aliphatic carbocycles. The lowest BCUT2D eigenvalue weighted by Gasteiger charge is -2.08. The van der Waals surface area contributed by atoms with E-state index in [0.717, 1.165) is 18.5 Å². The van der Waals surface area contributed by atoms with Crippen LogP contribution in [0, 0.1) is 18.3 Å². The predicted molar refractivity (Wildman–Crippen MR) is 81.7 cm³/mol. The highest BCUT2D eigenvalue weighted by molar-refractivity contribution is 5.93. The molecule has 1 aromatic heterocycles. The van der Waals surface area contributed by atoms with Gasteiger partial charge in [0.25, 0.3) is 5.91 Å². The summed E-state index contributed by atoms with van der Waals surface area (Å²) in [5.41, 5.74) is 2.42. The van der Waals surface area contributed by atoms with Gasteiger partial charge in [0.2, 0.25) is 5.95 Å². The molecule has 6 nitrogen and oxygen atoms in total. The molecule has 1 aromatic carbocycles. The van der Waals surface area contributed by atoms with Gasteiger partial charge >= 0.3 is 0 Å². The average Bonchev–Trinajstić information content (AvgIpc) is 3.31. The first-order valence-corrected chi connectivity index (χ1v) is 7.08. The van der Waals surface area contributed by atoms with Crippen molar-refractivity contribution in [3.05, 3.63) is 47.3 Å². The van der Waals surface area contributed by atoms with Crippen LogP contribution in [0.3, 0.4) is 0 Å². The minimum Gasteiger partial charge on any atom is -0.348 e. The summed E-state index contributed by atoms with van der Waals surface area (Å²) in [7, 11) is 0. The van der Waals surface area contributed by atoms with Gasteiger partial charge in [0.1, 0.15) is 5.69 Å². The molecule has 1 aliphatic rings. The third-order valence-electron chi connectivity index (χ3n) is 3.27. The fourth-order valence-electron chi connectivity index (χ4n) is 1.98. The molecule has 0 saturated heterocycles. The Morgan fingerprint density at radius 2 is 2.00 bits per heavy atom. The summed E-state index contributed by atoms with van der Waals surface area (Å²) in [4.78, 5) is 20.6. The van der Waals surface area contributed by atoms with Crippen molar-refractivity contribution in [1.82, 2.24) is 15.3 Å². The maximum absolute atomic E-state index is 12.1. The largest absolute Gasteiger partial charge is 0.348 e. The van der Waals surface area contributed by atoms with Crippen LogP contribution in [0.4, 0.5) is 11.6 Å². The van der Waals surface area contributed by atoms with Gasteiger partial charge in [-0.2, -0.15) is 5.26 Å². The Labute approximate surface area is 128 Å². The number of aryl methyl sites for hydroxylation is 1. The minimum absolute atomic E-state index is 0.170. The van der Waals surface area contributed by atoms with Crippen LogP contribution < -0.4 is 10.6 Å². The van der Waals surface area contributed by atoms with Crippen LogP contribution in [0.25, 0.3) is 0 Å². The van der Waals surface area contributed by atoms with Gasteiger partial charge in [0.15, 0.2) is 0 Å². The zero-order chi connectivity index (χ0) is 15.5. The standard InChI is InChI=1S/C16H15N5O/c1-10-8-14(15(22)19-12-6-7-12)21-16(18-10)20-13-4-2-11(9-17)3-5-13/h2-5,8,12H,6-7H2,1H3,(H,19,22)(H,18,20,21). The number of benzene rings is 1. The molecule has 110 valence electrons. The Kier molecular flexibility index (Phi) is 3.71. The number of anilines is 2. The molecule has 6 heteroatoms. The molecular formula is C16H15N5O. The van der Waals surface area contributed by atoms with E-state index in [1.165, 1.54) is 0 Å². The first-order valence-electron chi connectivity index (χ1n) is 7.08. The molecular weight excluding hydrogens is 278 g/mol. The van der Waals surface area contributed by atoms with Crippen LogP contribution in [0.15, 0.2) is 30.3 Å². The summed E-state index contributed by atoms with van der Waals surface area (Å²) in [5, 5.41) is 14.7. The third-order valence-corrected chi connectivity index (χ3v) is 3.27. The monoisotopic (exact) mass is 293 g/mol. The van der Waals surface area contributed by atoms with Crippen LogP contribution in [-0.2, 0) is 0 Å². The Balaban J connectivity index is 1.78. The van der Waals surface area contributed by atoms with Gasteiger partial charge in [0.05, 0.1) is 11.6 Å². The maximum Gasteiger partial charge on any atom is 0.270 e. The fraction of sp³-hybridized carbons (Fsp3) is 0.250. The van der Waals surface area contributed by atoms with Crippen molar-refractivity contribution >= 4 is 17.5 Å². The number of nitrogens with zero attached hydrogens (tertiary/aromatic N) is 3. The SMILES string of the molecule is Cc1cc(C(=O)NC2CC2)nc(Nc2ccc(C#N)cc2)n1. The topological polar surface area (TPSA) is 90.7 Å². The molecule has 22 heavy (non-hydrogen) atoms. The molecule has 3 rings (SSSR count). The van der Waals surface area contributed by atoms with Gasteiger partial charge in [-0.3, -0.25) is 4.79 Å². The second kappa shape index (κ2) is 5.82. The van der Waals surface area contributed by atoms with Gasteiger partial charge in [-0.15, -0.1) is 0 Å². The van der Waals surface area contributed by atoms with E-state index in [0.29, 0.717) is 22.9 Å². The molecule has 1 amide bonds. The molecule has 0 bridgehead atoms. The third kappa shape index (κ3) is 3.38. The van der Waals surface area contributed by atoms with Gasteiger partial charge < -0.3 is 10.6 Å². The van der Waals surface area contributed by atoms with E-state index in [-0.39, 0.29) is 11.9 Å². The first kappa shape index (κ1) is 14.0. The molecule has 0 spiro atoms. The molecule has 0 unspecified atom stereocenters. The summed E-state index contributed by atoms with van der Waals surface area (Å²) >= 11 is 0. The van der Waals surface area contributed by atoms with Crippen molar-refractivity contribution in [2.45, 2.75) is 25.8 Å². The Hall–Kier alpha value is -2.94. The number of carbonyl (C=O) groups is 1. The van der Waals surface area contributed by atoms with Crippen LogP contribution in [0.5, 0.6) is 0 Å². The summed E-state index contributed by atoms with van der Waals surface area (Å²) < 4.78 is 0. The van der Waals surface area contributed by atoms with Crippen molar-refractivity contribution in [1.29, 1.82) is 5.26 Å². The Bertz CT molecular complexity index is 744. The van der Waals surface area contributed by atoms with E-state index in [9.17, 15) is 4.79 Å². The number of amides is 1. The van der Waals surface area contributed by atoms with E-state index < -0.39 is 0 Å². The normalized spacial score (nSPS) is 13.3. The Morgan fingerprint density at radius 3 is 2.64 bits per heavy atom. The second-order valence-electron chi connectivity index (χ2n) is 5.28. The molecule has 0 atom stereocenters. The molecule has 2 aromatic rings. The van der Waals surface area contributed by atoms with E-state index in [1.54, 1.807) is 30.3 Å². The van der Waals surface area contributed by atoms with E-state index >= 15 is 0 Å². The summed E-state index contributed by atoms with van der Waals surface area (Å²) in [6, 6.07) is 11.0. The lowest BCUT2D eigenvalue weighted by atomic mass is 10.2. The van der Waals surface area contributed by atoms with Crippen molar-refractivity contribution in [3.8, 4) is 6.07 Å². The van der Waals surface area contributed by atoms with Crippen LogP contribution in [-0.4, -0.2) is 21.9 Å². The minimum atomic E-state index is -0.170. The summed E-state index contributed by atoms with van der Waals surface area (Å²) in [6.07, 6.45) is 2.07. The quantitative estimate of drug-likeness (QED) is 0.902. The molecule has 1 fully saturated rings. The number of hydrogen-bond donors (Lipinski definition) is 2. The highest BCUT2D eigenvalue weighted by atomic mass is 16.2. The van der Waals surface area contributed by atoms with Crippen molar-refractivity contribution in [2.75, 3.05) is 5.32 Å². The summed E-state index contributed by atoms with van der Waals surface area (Å²) in [5.74, 6) is 0.196. The summed E-state index contributed by atoms with van der Waals surface area (Å²) in [6.45, 7) is 1.82. The van der Waals surface area contributed by atoms with Gasteiger partial charge in [-0.25, -0.2) is 9.97 Å². The number of hydrogen-bond acceptors (Lipinski definition) is 5. The van der Waals surface area contributed by atoms with Crippen LogP contribution >= 0.6 is 0 Å². The van der Waals surface area contributed by atoms with E-state index in [4.69, 9.17) is 5.26 Å². The zero-order valence-electron chi connectivity index (χ0n) is 12.1. The smallest absolute Gasteiger partial charge is 0.270 e. The predicted octanol–water partition coefficient (Wildman–Crippen LogP) is 2.29. The van der Waals surface area contributed by atoms with E-state index in [1.807, 2.05) is 6.92 Å². The van der Waals surface area contributed by atoms with Crippen molar-refractivity contribution < 1.29 is 4.79 Å². The Morgan fingerprint density at radius 1 is 1.27 bits per heavy atom.